The zero-order valence-corrected chi connectivity index (χ0v) is 17.1. The van der Waals surface area contributed by atoms with Crippen molar-refractivity contribution in [3.05, 3.63) is 60.3 Å². The van der Waals surface area contributed by atoms with E-state index in [-0.39, 0.29) is 11.7 Å². The molecule has 148 valence electrons. The molecule has 7 heteroatoms. The number of aromatic amines is 1. The zero-order chi connectivity index (χ0) is 20.2. The van der Waals surface area contributed by atoms with E-state index in [2.05, 4.69) is 46.5 Å². The lowest BCUT2D eigenvalue weighted by molar-refractivity contribution is -0.113. The van der Waals surface area contributed by atoms with Gasteiger partial charge in [0.2, 0.25) is 5.91 Å². The molecule has 1 amide bonds. The van der Waals surface area contributed by atoms with Crippen LogP contribution in [-0.4, -0.2) is 26.8 Å². The first-order valence-electron chi connectivity index (χ1n) is 9.56. The van der Waals surface area contributed by atoms with Gasteiger partial charge in [-0.05, 0) is 36.1 Å². The number of thioether (sulfide) groups is 1. The van der Waals surface area contributed by atoms with Crippen LogP contribution in [0.5, 0.6) is 0 Å². The Morgan fingerprint density at radius 3 is 2.76 bits per heavy atom. The van der Waals surface area contributed by atoms with Crippen LogP contribution >= 0.6 is 11.8 Å². The van der Waals surface area contributed by atoms with Gasteiger partial charge in [-0.15, -0.1) is 10.2 Å². The maximum atomic E-state index is 12.2. The summed E-state index contributed by atoms with van der Waals surface area (Å²) in [7, 11) is 0. The third kappa shape index (κ3) is 4.35. The molecule has 0 radical (unpaired) electrons. The van der Waals surface area contributed by atoms with Crippen LogP contribution in [0.4, 0.5) is 5.69 Å². The standard InChI is InChI=1S/C22H22N4O2S/c1-3-14(2)15-8-10-16(11-9-15)24-20(27)13-29-22-26-25-21(28-22)18-12-23-19-7-5-4-6-17(18)19/h4-12,14,23H,3,13H2,1-2H3,(H,24,27). The largest absolute Gasteiger partial charge is 0.411 e. The van der Waals surface area contributed by atoms with Crippen LogP contribution in [0.25, 0.3) is 22.4 Å². The lowest BCUT2D eigenvalue weighted by Gasteiger charge is -2.10. The summed E-state index contributed by atoms with van der Waals surface area (Å²) in [6.45, 7) is 4.36. The van der Waals surface area contributed by atoms with E-state index in [0.717, 1.165) is 28.6 Å². The smallest absolute Gasteiger partial charge is 0.277 e. The van der Waals surface area contributed by atoms with Crippen LogP contribution in [-0.2, 0) is 4.79 Å². The van der Waals surface area contributed by atoms with Crippen LogP contribution in [0.3, 0.4) is 0 Å². The topological polar surface area (TPSA) is 83.8 Å². The Labute approximate surface area is 173 Å². The van der Waals surface area contributed by atoms with Crippen molar-refractivity contribution in [2.24, 2.45) is 0 Å². The lowest BCUT2D eigenvalue weighted by atomic mass is 9.99. The van der Waals surface area contributed by atoms with Gasteiger partial charge >= 0.3 is 0 Å². The summed E-state index contributed by atoms with van der Waals surface area (Å²) in [5.74, 6) is 1.03. The maximum Gasteiger partial charge on any atom is 0.277 e. The van der Waals surface area contributed by atoms with E-state index in [1.807, 2.05) is 42.6 Å². The van der Waals surface area contributed by atoms with E-state index in [1.165, 1.54) is 17.3 Å². The number of rotatable bonds is 7. The van der Waals surface area contributed by atoms with Crippen LogP contribution in [0.2, 0.25) is 0 Å². The molecule has 6 nitrogen and oxygen atoms in total. The highest BCUT2D eigenvalue weighted by Crippen LogP contribution is 2.29. The number of hydrogen-bond donors (Lipinski definition) is 2. The average Bonchev–Trinajstić information content (AvgIpc) is 3.39. The van der Waals surface area contributed by atoms with Crippen molar-refractivity contribution in [3.8, 4) is 11.5 Å². The minimum Gasteiger partial charge on any atom is -0.411 e. The van der Waals surface area contributed by atoms with E-state index in [9.17, 15) is 4.79 Å². The Kier molecular flexibility index (Phi) is 5.67. The number of hydrogen-bond acceptors (Lipinski definition) is 5. The third-order valence-corrected chi connectivity index (χ3v) is 5.75. The zero-order valence-electron chi connectivity index (χ0n) is 16.3. The van der Waals surface area contributed by atoms with Gasteiger partial charge in [0.1, 0.15) is 0 Å². The SMILES string of the molecule is CCC(C)c1ccc(NC(=O)CSc2nnc(-c3c[nH]c4ccccc34)o2)cc1. The molecule has 0 aliphatic rings. The summed E-state index contributed by atoms with van der Waals surface area (Å²) >= 11 is 1.22. The first kappa shape index (κ1) is 19.3. The Hall–Kier alpha value is -3.06. The number of aromatic nitrogens is 3. The molecule has 0 fully saturated rings. The van der Waals surface area contributed by atoms with Crippen LogP contribution in [0.1, 0.15) is 31.7 Å². The lowest BCUT2D eigenvalue weighted by Crippen LogP contribution is -2.14. The second-order valence-corrected chi connectivity index (χ2v) is 7.82. The Morgan fingerprint density at radius 2 is 1.97 bits per heavy atom. The molecule has 0 spiro atoms. The fraction of sp³-hybridized carbons (Fsp3) is 0.227. The van der Waals surface area contributed by atoms with Crippen molar-refractivity contribution in [2.45, 2.75) is 31.4 Å². The number of H-pyrrole nitrogens is 1. The molecule has 4 rings (SSSR count). The number of amides is 1. The molecule has 0 aliphatic carbocycles. The van der Waals surface area contributed by atoms with E-state index in [1.54, 1.807) is 0 Å². The Balaban J connectivity index is 1.35. The molecular formula is C22H22N4O2S. The molecular weight excluding hydrogens is 384 g/mol. The van der Waals surface area contributed by atoms with Gasteiger partial charge in [0.25, 0.3) is 11.1 Å². The first-order valence-corrected chi connectivity index (χ1v) is 10.5. The van der Waals surface area contributed by atoms with Crippen molar-refractivity contribution in [3.63, 3.8) is 0 Å². The third-order valence-electron chi connectivity index (χ3n) is 4.93. The second-order valence-electron chi connectivity index (χ2n) is 6.89. The summed E-state index contributed by atoms with van der Waals surface area (Å²) in [5.41, 5.74) is 3.92. The normalized spacial score (nSPS) is 12.2. The minimum atomic E-state index is -0.113. The molecule has 0 saturated heterocycles. The van der Waals surface area contributed by atoms with Crippen LogP contribution in [0.15, 0.2) is 64.4 Å². The van der Waals surface area contributed by atoms with Gasteiger partial charge in [0.05, 0.1) is 11.3 Å². The predicted molar refractivity (Wildman–Crippen MR) is 116 cm³/mol. The molecule has 1 unspecified atom stereocenters. The fourth-order valence-electron chi connectivity index (χ4n) is 3.08. The van der Waals surface area contributed by atoms with E-state index < -0.39 is 0 Å². The van der Waals surface area contributed by atoms with Crippen molar-refractivity contribution >= 4 is 34.3 Å². The number of nitrogens with zero attached hydrogens (tertiary/aromatic N) is 2. The summed E-state index contributed by atoms with van der Waals surface area (Å²) in [6.07, 6.45) is 2.94. The summed E-state index contributed by atoms with van der Waals surface area (Å²) in [4.78, 5) is 15.4. The molecule has 1 atom stereocenters. The van der Waals surface area contributed by atoms with Crippen LogP contribution in [0, 0.1) is 0 Å². The van der Waals surface area contributed by atoms with Gasteiger partial charge < -0.3 is 14.7 Å². The number of carbonyl (C=O) groups excluding carboxylic acids is 1. The number of carbonyl (C=O) groups is 1. The van der Waals surface area contributed by atoms with Gasteiger partial charge in [-0.3, -0.25) is 4.79 Å². The maximum absolute atomic E-state index is 12.2. The number of anilines is 1. The van der Waals surface area contributed by atoms with Gasteiger partial charge in [-0.2, -0.15) is 0 Å². The molecule has 4 aromatic rings. The predicted octanol–water partition coefficient (Wildman–Crippen LogP) is 5.46. The number of nitrogens with one attached hydrogen (secondary N) is 2. The number of fused-ring (bicyclic) bond motifs is 1. The van der Waals surface area contributed by atoms with E-state index in [0.29, 0.717) is 17.0 Å². The quantitative estimate of drug-likeness (QED) is 0.398. The molecule has 2 aromatic carbocycles. The molecule has 2 N–H and O–H groups in total. The van der Waals surface area contributed by atoms with E-state index >= 15 is 0 Å². The highest BCUT2D eigenvalue weighted by molar-refractivity contribution is 7.99. The minimum absolute atomic E-state index is 0.113. The molecule has 2 heterocycles. The van der Waals surface area contributed by atoms with Crippen molar-refractivity contribution in [1.82, 2.24) is 15.2 Å². The molecule has 0 bridgehead atoms. The Morgan fingerprint density at radius 1 is 1.17 bits per heavy atom. The molecule has 29 heavy (non-hydrogen) atoms. The Bertz CT molecular complexity index is 1120. The summed E-state index contributed by atoms with van der Waals surface area (Å²) in [6, 6.07) is 15.9. The summed E-state index contributed by atoms with van der Waals surface area (Å²) < 4.78 is 5.73. The van der Waals surface area contributed by atoms with Gasteiger partial charge in [0, 0.05) is 22.8 Å². The molecule has 0 saturated carbocycles. The highest BCUT2D eigenvalue weighted by atomic mass is 32.2. The first-order chi connectivity index (χ1) is 14.1. The van der Waals surface area contributed by atoms with Crippen molar-refractivity contribution in [2.75, 3.05) is 11.1 Å². The number of benzene rings is 2. The fourth-order valence-corrected chi connectivity index (χ4v) is 3.64. The monoisotopic (exact) mass is 406 g/mol. The second kappa shape index (κ2) is 8.53. The highest BCUT2D eigenvalue weighted by Gasteiger charge is 2.14. The molecule has 0 aliphatic heterocycles. The average molecular weight is 407 g/mol. The van der Waals surface area contributed by atoms with Crippen molar-refractivity contribution < 1.29 is 9.21 Å². The van der Waals surface area contributed by atoms with Gasteiger partial charge in [0.15, 0.2) is 0 Å². The van der Waals surface area contributed by atoms with Gasteiger partial charge in [-0.25, -0.2) is 0 Å². The summed E-state index contributed by atoms with van der Waals surface area (Å²) in [5, 5.41) is 12.5. The number of para-hydroxylation sites is 1. The van der Waals surface area contributed by atoms with Crippen LogP contribution < -0.4 is 5.32 Å². The van der Waals surface area contributed by atoms with Crippen molar-refractivity contribution in [1.29, 1.82) is 0 Å². The van der Waals surface area contributed by atoms with E-state index in [4.69, 9.17) is 4.42 Å². The molecule has 2 aromatic heterocycles. The van der Waals surface area contributed by atoms with Gasteiger partial charge in [-0.1, -0.05) is 55.9 Å².